The Bertz CT molecular complexity index is 2070. The quantitative estimate of drug-likeness (QED) is 0.143. The molecule has 3 aromatic rings. The summed E-state index contributed by atoms with van der Waals surface area (Å²) in [5.41, 5.74) is 3.34. The van der Waals surface area contributed by atoms with Crippen LogP contribution in [-0.4, -0.2) is 67.7 Å². The van der Waals surface area contributed by atoms with Gasteiger partial charge in [-0.25, -0.2) is 8.42 Å². The Balaban J connectivity index is 1.77. The van der Waals surface area contributed by atoms with E-state index in [2.05, 4.69) is 0 Å². The van der Waals surface area contributed by atoms with Gasteiger partial charge < -0.3 is 15.4 Å². The van der Waals surface area contributed by atoms with Crippen molar-refractivity contribution in [3.8, 4) is 5.75 Å². The van der Waals surface area contributed by atoms with Crippen molar-refractivity contribution in [1.82, 2.24) is 4.90 Å². The molecule has 316 valence electrons. The number of carbonyl (C=O) groups excluding carboxylic acids is 4. The number of likely N-dealkylation sites (tertiary alicyclic amines) is 1. The Kier molecular flexibility index (Phi) is 14.3. The van der Waals surface area contributed by atoms with Crippen LogP contribution < -0.4 is 10.5 Å². The molecule has 0 unspecified atom stereocenters. The van der Waals surface area contributed by atoms with Gasteiger partial charge in [-0.15, -0.1) is 0 Å². The van der Waals surface area contributed by atoms with Crippen molar-refractivity contribution in [2.75, 3.05) is 13.7 Å². The van der Waals surface area contributed by atoms with Gasteiger partial charge in [-0.1, -0.05) is 68.4 Å². The molecule has 0 aromatic heterocycles. The molecule has 1 aliphatic rings. The number of ether oxygens (including phenoxy) is 1. The van der Waals surface area contributed by atoms with Gasteiger partial charge in [-0.3, -0.25) is 19.2 Å². The third kappa shape index (κ3) is 10.9. The molecule has 1 fully saturated rings. The molecule has 1 heterocycles. The number of halogens is 8. The van der Waals surface area contributed by atoms with Gasteiger partial charge in [0.2, 0.25) is 17.5 Å². The van der Waals surface area contributed by atoms with Crippen LogP contribution in [-0.2, 0) is 59.8 Å². The van der Waals surface area contributed by atoms with Crippen LogP contribution >= 0.6 is 0 Å². The molecule has 0 bridgehead atoms. The van der Waals surface area contributed by atoms with E-state index in [-0.39, 0.29) is 17.7 Å². The monoisotopic (exact) mass is 846 g/mol. The average molecular weight is 847 g/mol. The Labute approximate surface area is 329 Å². The zero-order valence-electron chi connectivity index (χ0n) is 31.6. The molecule has 0 spiro atoms. The van der Waals surface area contributed by atoms with E-state index in [0.29, 0.717) is 28.3 Å². The Morgan fingerprint density at radius 2 is 1.36 bits per heavy atom. The van der Waals surface area contributed by atoms with Crippen LogP contribution in [0.3, 0.4) is 0 Å². The van der Waals surface area contributed by atoms with Crippen molar-refractivity contribution < 1.29 is 67.5 Å². The van der Waals surface area contributed by atoms with Gasteiger partial charge in [0.15, 0.2) is 15.6 Å². The maximum atomic E-state index is 15.8. The van der Waals surface area contributed by atoms with Gasteiger partial charge in [-0.2, -0.15) is 35.1 Å². The van der Waals surface area contributed by atoms with Crippen LogP contribution in [0.2, 0.25) is 0 Å². The molecule has 1 saturated heterocycles. The highest BCUT2D eigenvalue weighted by Crippen LogP contribution is 2.42. The molecule has 58 heavy (non-hydrogen) atoms. The van der Waals surface area contributed by atoms with E-state index in [9.17, 15) is 53.9 Å². The number of nitrogens with zero attached hydrogens (tertiary/aromatic N) is 1. The summed E-state index contributed by atoms with van der Waals surface area (Å²) >= 11 is 0. The molecular formula is C40H42F8N2O7S. The summed E-state index contributed by atoms with van der Waals surface area (Å²) in [4.78, 5) is 55.0. The molecule has 0 aliphatic carbocycles. The van der Waals surface area contributed by atoms with E-state index in [1.807, 2.05) is 0 Å². The van der Waals surface area contributed by atoms with Crippen molar-refractivity contribution in [3.63, 3.8) is 0 Å². The molecule has 1 amide bonds. The van der Waals surface area contributed by atoms with E-state index in [1.54, 1.807) is 0 Å². The smallest absolute Gasteiger partial charge is 0.450 e. The van der Waals surface area contributed by atoms with Crippen LogP contribution in [0.4, 0.5) is 35.1 Å². The molecular weight excluding hydrogens is 804 g/mol. The van der Waals surface area contributed by atoms with Crippen molar-refractivity contribution in [2.24, 2.45) is 23.5 Å². The summed E-state index contributed by atoms with van der Waals surface area (Å²) in [7, 11) is -2.90. The first-order valence-electron chi connectivity index (χ1n) is 18.0. The van der Waals surface area contributed by atoms with Crippen LogP contribution in [0.5, 0.6) is 5.75 Å². The second-order valence-electron chi connectivity index (χ2n) is 14.6. The van der Waals surface area contributed by atoms with E-state index in [1.165, 1.54) is 69.5 Å². The lowest BCUT2D eigenvalue weighted by molar-refractivity contribution is -0.177. The fraction of sp³-hybridized carbons (Fsp3) is 0.450. The molecule has 3 aromatic carbocycles. The lowest BCUT2D eigenvalue weighted by atomic mass is 9.84. The summed E-state index contributed by atoms with van der Waals surface area (Å²) in [6.07, 6.45) is -14.2. The number of ketones is 3. The fourth-order valence-corrected chi connectivity index (χ4v) is 8.71. The minimum absolute atomic E-state index is 0.0874. The summed E-state index contributed by atoms with van der Waals surface area (Å²) in [5, 5.41) is -1.52. The third-order valence-electron chi connectivity index (χ3n) is 10.2. The van der Waals surface area contributed by atoms with Crippen LogP contribution in [0, 0.1) is 17.8 Å². The first kappa shape index (κ1) is 46.0. The van der Waals surface area contributed by atoms with Crippen molar-refractivity contribution >= 4 is 33.1 Å². The summed E-state index contributed by atoms with van der Waals surface area (Å²) < 4.78 is 146. The minimum Gasteiger partial charge on any atom is -0.497 e. The topological polar surface area (TPSA) is 141 Å². The number of alkyl halides is 8. The number of methoxy groups -OCH3 is 1. The van der Waals surface area contributed by atoms with Crippen molar-refractivity contribution in [1.29, 1.82) is 0 Å². The van der Waals surface area contributed by atoms with Gasteiger partial charge in [0.05, 0.1) is 29.7 Å². The molecule has 0 saturated carbocycles. The average Bonchev–Trinajstić information content (AvgIpc) is 3.63. The number of amides is 1. The lowest BCUT2D eigenvalue weighted by Gasteiger charge is -2.30. The maximum Gasteiger partial charge on any atom is 0.450 e. The number of hydrogen-bond acceptors (Lipinski definition) is 8. The van der Waals surface area contributed by atoms with Crippen LogP contribution in [0.1, 0.15) is 60.9 Å². The largest absolute Gasteiger partial charge is 0.497 e. The summed E-state index contributed by atoms with van der Waals surface area (Å²) in [6, 6.07) is 12.5. The Hall–Kier alpha value is -4.71. The highest BCUT2D eigenvalue weighted by molar-refractivity contribution is 7.91. The van der Waals surface area contributed by atoms with E-state index in [4.69, 9.17) is 10.5 Å². The SMILES string of the molecule is COc1ccc(CS(=O)(=O)[C@@H]2C[C@@H](C(=O)C[C@H](C(=O)C(F)(F)F)C(C)C)N(C(=O)[C@@H](CC(=O)C(F)(F)c3ccccc3C(F)(F)F)Cc3ccc(CN)cc3)C2)cc1. The number of Topliss-reactive ketones (excluding diaryl/α,β-unsaturated/α-hetero) is 3. The first-order chi connectivity index (χ1) is 26.9. The second kappa shape index (κ2) is 18.1. The predicted octanol–water partition coefficient (Wildman–Crippen LogP) is 7.03. The number of sulfone groups is 1. The number of rotatable bonds is 17. The number of hydrogen-bond donors (Lipinski definition) is 1. The number of carbonyl (C=O) groups is 4. The second-order valence-corrected chi connectivity index (χ2v) is 16.9. The molecule has 4 rings (SSSR count). The van der Waals surface area contributed by atoms with E-state index < -0.39 is 130 Å². The number of benzene rings is 3. The van der Waals surface area contributed by atoms with E-state index in [0.717, 1.165) is 12.1 Å². The highest BCUT2D eigenvalue weighted by Gasteiger charge is 2.52. The third-order valence-corrected chi connectivity index (χ3v) is 12.3. The van der Waals surface area contributed by atoms with Gasteiger partial charge >= 0.3 is 18.3 Å². The lowest BCUT2D eigenvalue weighted by Crippen LogP contribution is -2.46. The fourth-order valence-electron chi connectivity index (χ4n) is 6.96. The molecule has 1 aliphatic heterocycles. The van der Waals surface area contributed by atoms with E-state index >= 15 is 8.78 Å². The maximum absolute atomic E-state index is 15.8. The van der Waals surface area contributed by atoms with Crippen LogP contribution in [0.15, 0.2) is 72.8 Å². The molecule has 4 atom stereocenters. The molecule has 0 radical (unpaired) electrons. The normalized spacial score (nSPS) is 17.6. The first-order valence-corrected chi connectivity index (χ1v) is 19.8. The molecule has 18 heteroatoms. The Morgan fingerprint density at radius 3 is 1.88 bits per heavy atom. The number of nitrogens with two attached hydrogens (primary N) is 1. The molecule has 2 N–H and O–H groups in total. The van der Waals surface area contributed by atoms with Crippen LogP contribution in [0.25, 0.3) is 0 Å². The van der Waals surface area contributed by atoms with Gasteiger partial charge in [-0.05, 0) is 53.6 Å². The van der Waals surface area contributed by atoms with Gasteiger partial charge in [0.1, 0.15) is 5.75 Å². The minimum atomic E-state index is -5.34. The summed E-state index contributed by atoms with van der Waals surface area (Å²) in [5.74, 6) is -16.5. The standard InChI is InChI=1S/C40H42F8N2O7S/c1-23(2)30(36(53)40(46,47)48)19-34(51)33-18-29(58(55,56)22-26-12-14-28(57-3)15-13-26)21-50(33)37(54)27(16-24-8-10-25(20-49)11-9-24)17-35(52)38(41,42)31-6-4-5-7-32(31)39(43,44)45/h4-15,23,27,29-30,33H,16-22,49H2,1-3H3/t27-,29-,30+,33+/m1/s1. The van der Waals surface area contributed by atoms with Crippen molar-refractivity contribution in [2.45, 2.75) is 81.4 Å². The highest BCUT2D eigenvalue weighted by atomic mass is 32.2. The zero-order chi connectivity index (χ0) is 43.4. The summed E-state index contributed by atoms with van der Waals surface area (Å²) in [6.45, 7) is 1.85. The van der Waals surface area contributed by atoms with Gasteiger partial charge in [0, 0.05) is 43.3 Å². The van der Waals surface area contributed by atoms with Crippen molar-refractivity contribution in [3.05, 3.63) is 101 Å². The van der Waals surface area contributed by atoms with Gasteiger partial charge in [0.25, 0.3) is 0 Å². The molecule has 9 nitrogen and oxygen atoms in total. The predicted molar refractivity (Wildman–Crippen MR) is 195 cm³/mol. The Morgan fingerprint density at radius 1 is 0.810 bits per heavy atom. The zero-order valence-corrected chi connectivity index (χ0v) is 32.4.